The van der Waals surface area contributed by atoms with E-state index in [1.54, 1.807) is 0 Å². The lowest BCUT2D eigenvalue weighted by molar-refractivity contribution is -0.161. The first-order valence-corrected chi connectivity index (χ1v) is 43.8. The van der Waals surface area contributed by atoms with E-state index in [9.17, 15) is 43.2 Å². The number of phosphoric acid groups is 2. The molecule has 0 heterocycles. The van der Waals surface area contributed by atoms with E-state index in [-0.39, 0.29) is 25.7 Å². The van der Waals surface area contributed by atoms with E-state index in [1.165, 1.54) is 128 Å². The van der Waals surface area contributed by atoms with Gasteiger partial charge in [0.05, 0.1) is 26.4 Å². The van der Waals surface area contributed by atoms with Crippen LogP contribution in [0.5, 0.6) is 0 Å². The standard InChI is InChI=1S/C83H148O17P2/c1-5-9-13-17-21-25-29-33-36-37-38-39-42-45-48-52-56-60-64-68-81(86)94-74-79(100-83(88)70-66-62-58-54-50-46-41-35-31-27-23-19-15-11-7-3)76-98-102(91,92)96-72-77(84)71-95-101(89,90)97-75-78(99-82(87)69-65-61-57-53-49-43-32-28-24-20-16-12-8-4)73-93-80(85)67-63-59-55-51-47-44-40-34-30-26-22-18-14-10-6-2/h9,13,21,25,33-36,38-41,45,48,77-79,84H,5-8,10-12,14-20,22-24,26-32,37,42-44,46-47,49-76H2,1-4H3,(H,89,90)(H,91,92)/b13-9-,25-21-,36-33-,39-38-,40-34-,41-35-,48-45-. The highest BCUT2D eigenvalue weighted by Gasteiger charge is 2.30. The van der Waals surface area contributed by atoms with E-state index in [0.717, 1.165) is 154 Å². The average molecular weight is 1480 g/mol. The van der Waals surface area contributed by atoms with Gasteiger partial charge in [-0.1, -0.05) is 299 Å². The van der Waals surface area contributed by atoms with Gasteiger partial charge in [0.15, 0.2) is 12.2 Å². The molecule has 0 radical (unpaired) electrons. The molecule has 0 aromatic heterocycles. The minimum absolute atomic E-state index is 0.0788. The Labute approximate surface area is 621 Å². The number of hydrogen-bond acceptors (Lipinski definition) is 15. The van der Waals surface area contributed by atoms with Crippen molar-refractivity contribution in [2.45, 2.75) is 380 Å². The molecule has 0 amide bonds. The van der Waals surface area contributed by atoms with Crippen LogP contribution in [-0.4, -0.2) is 96.7 Å². The number of carbonyl (C=O) groups excluding carboxylic acids is 4. The molecule has 0 aliphatic carbocycles. The topological polar surface area (TPSA) is 237 Å². The third-order valence-electron chi connectivity index (χ3n) is 17.3. The van der Waals surface area contributed by atoms with Gasteiger partial charge < -0.3 is 33.8 Å². The third-order valence-corrected chi connectivity index (χ3v) is 19.2. The summed E-state index contributed by atoms with van der Waals surface area (Å²) in [5.41, 5.74) is 0. The lowest BCUT2D eigenvalue weighted by Gasteiger charge is -2.21. The number of ether oxygens (including phenoxy) is 4. The maximum atomic E-state index is 13.1. The molecule has 0 saturated carbocycles. The molecular formula is C83H148O17P2. The van der Waals surface area contributed by atoms with Crippen LogP contribution in [0.2, 0.25) is 0 Å². The summed E-state index contributed by atoms with van der Waals surface area (Å²) in [6.45, 7) is 4.76. The molecule has 0 spiro atoms. The molecule has 5 unspecified atom stereocenters. The zero-order valence-corrected chi connectivity index (χ0v) is 66.6. The number of esters is 4. The van der Waals surface area contributed by atoms with Crippen LogP contribution in [0.4, 0.5) is 0 Å². The summed E-state index contributed by atoms with van der Waals surface area (Å²) in [6, 6.07) is 0. The van der Waals surface area contributed by atoms with Crippen molar-refractivity contribution in [3.63, 3.8) is 0 Å². The van der Waals surface area contributed by atoms with Crippen molar-refractivity contribution in [2.24, 2.45) is 0 Å². The molecule has 0 aliphatic heterocycles. The first-order valence-electron chi connectivity index (χ1n) is 40.8. The second kappa shape index (κ2) is 75.5. The molecule has 0 aromatic rings. The molecule has 592 valence electrons. The zero-order chi connectivity index (χ0) is 74.6. The fraction of sp³-hybridized carbons (Fsp3) is 0.783. The summed E-state index contributed by atoms with van der Waals surface area (Å²) >= 11 is 0. The SMILES string of the molecule is CC/C=C\C/C=C\C/C=C\C/C=C\C/C=C\CCCCCC(=O)OCC(COP(=O)(O)OCC(O)COP(=O)(O)OCC(COC(=O)CCCCCCC/C=C\CCCCCCCC)OC(=O)CCCCCCCCCCCCCCC)OC(=O)CCCCCCC/C=C\CCCCCCCC. The van der Waals surface area contributed by atoms with Gasteiger partial charge in [-0.25, -0.2) is 9.13 Å². The number of carbonyl (C=O) groups is 4. The number of phosphoric ester groups is 2. The zero-order valence-electron chi connectivity index (χ0n) is 64.8. The summed E-state index contributed by atoms with van der Waals surface area (Å²) in [6.07, 6.45) is 78.4. The van der Waals surface area contributed by atoms with E-state index in [1.807, 2.05) is 0 Å². The Morgan fingerprint density at radius 2 is 0.510 bits per heavy atom. The predicted molar refractivity (Wildman–Crippen MR) is 418 cm³/mol. The van der Waals surface area contributed by atoms with Gasteiger partial charge in [-0.2, -0.15) is 0 Å². The highest BCUT2D eigenvalue weighted by atomic mass is 31.2. The molecule has 17 nitrogen and oxygen atoms in total. The van der Waals surface area contributed by atoms with Crippen molar-refractivity contribution in [3.05, 3.63) is 85.1 Å². The van der Waals surface area contributed by atoms with Gasteiger partial charge in [-0.05, 0) is 122 Å². The van der Waals surface area contributed by atoms with E-state index in [0.29, 0.717) is 25.7 Å². The molecule has 19 heteroatoms. The second-order valence-corrected chi connectivity index (χ2v) is 30.2. The van der Waals surface area contributed by atoms with Crippen molar-refractivity contribution < 1.29 is 80.2 Å². The molecule has 0 aliphatic rings. The average Bonchev–Trinajstić information content (AvgIpc) is 0.924. The molecule has 0 fully saturated rings. The van der Waals surface area contributed by atoms with Crippen LogP contribution in [0.25, 0.3) is 0 Å². The molecule has 0 saturated heterocycles. The number of rotatable bonds is 77. The number of aliphatic hydroxyl groups is 1. The molecule has 102 heavy (non-hydrogen) atoms. The Bertz CT molecular complexity index is 2260. The Balaban J connectivity index is 5.37. The van der Waals surface area contributed by atoms with E-state index >= 15 is 0 Å². The molecule has 0 aromatic carbocycles. The van der Waals surface area contributed by atoms with Crippen LogP contribution in [0.1, 0.15) is 362 Å². The van der Waals surface area contributed by atoms with Gasteiger partial charge in [0.25, 0.3) is 0 Å². The summed E-state index contributed by atoms with van der Waals surface area (Å²) in [5, 5.41) is 10.6. The van der Waals surface area contributed by atoms with Crippen molar-refractivity contribution in [3.8, 4) is 0 Å². The van der Waals surface area contributed by atoms with Crippen molar-refractivity contribution in [2.75, 3.05) is 39.6 Å². The maximum absolute atomic E-state index is 13.1. The van der Waals surface area contributed by atoms with Crippen molar-refractivity contribution in [1.82, 2.24) is 0 Å². The lowest BCUT2D eigenvalue weighted by atomic mass is 10.0. The fourth-order valence-electron chi connectivity index (χ4n) is 11.1. The summed E-state index contributed by atoms with van der Waals surface area (Å²) in [5.74, 6) is -2.20. The molecule has 5 atom stereocenters. The Hall–Kier alpha value is -3.76. The van der Waals surface area contributed by atoms with E-state index in [2.05, 4.69) is 113 Å². The lowest BCUT2D eigenvalue weighted by Crippen LogP contribution is -2.30. The van der Waals surface area contributed by atoms with Crippen LogP contribution >= 0.6 is 15.6 Å². The van der Waals surface area contributed by atoms with Crippen LogP contribution in [0.15, 0.2) is 85.1 Å². The van der Waals surface area contributed by atoms with Crippen molar-refractivity contribution in [1.29, 1.82) is 0 Å². The highest BCUT2D eigenvalue weighted by molar-refractivity contribution is 7.47. The molecule has 0 bridgehead atoms. The van der Waals surface area contributed by atoms with Gasteiger partial charge >= 0.3 is 39.5 Å². The maximum Gasteiger partial charge on any atom is 0.472 e. The number of allylic oxidation sites excluding steroid dienone is 14. The van der Waals surface area contributed by atoms with Gasteiger partial charge in [-0.15, -0.1) is 0 Å². The van der Waals surface area contributed by atoms with Crippen LogP contribution in [0.3, 0.4) is 0 Å². The highest BCUT2D eigenvalue weighted by Crippen LogP contribution is 2.45. The molecule has 0 rings (SSSR count). The van der Waals surface area contributed by atoms with Crippen LogP contribution < -0.4 is 0 Å². The quantitative estimate of drug-likeness (QED) is 0.0169. The number of unbranched alkanes of at least 4 members (excludes halogenated alkanes) is 37. The van der Waals surface area contributed by atoms with Crippen molar-refractivity contribution >= 4 is 39.5 Å². The predicted octanol–water partition coefficient (Wildman–Crippen LogP) is 23.8. The number of hydrogen-bond donors (Lipinski definition) is 3. The number of aliphatic hydroxyl groups excluding tert-OH is 1. The monoisotopic (exact) mass is 1480 g/mol. The Morgan fingerprint density at radius 3 is 0.804 bits per heavy atom. The van der Waals surface area contributed by atoms with E-state index < -0.39 is 97.5 Å². The summed E-state index contributed by atoms with van der Waals surface area (Å²) < 4.78 is 68.6. The Morgan fingerprint density at radius 1 is 0.284 bits per heavy atom. The first kappa shape index (κ1) is 98.2. The second-order valence-electron chi connectivity index (χ2n) is 27.3. The van der Waals surface area contributed by atoms with Gasteiger partial charge in [-0.3, -0.25) is 37.3 Å². The van der Waals surface area contributed by atoms with Crippen LogP contribution in [-0.2, 0) is 65.4 Å². The minimum Gasteiger partial charge on any atom is -0.462 e. The molecular weight excluding hydrogens is 1330 g/mol. The summed E-state index contributed by atoms with van der Waals surface area (Å²) in [4.78, 5) is 73.0. The normalized spacial score (nSPS) is 14.3. The largest absolute Gasteiger partial charge is 0.472 e. The van der Waals surface area contributed by atoms with Gasteiger partial charge in [0.2, 0.25) is 0 Å². The van der Waals surface area contributed by atoms with Gasteiger partial charge in [0, 0.05) is 25.7 Å². The summed E-state index contributed by atoms with van der Waals surface area (Å²) in [7, 11) is -9.96. The molecule has 3 N–H and O–H groups in total. The smallest absolute Gasteiger partial charge is 0.462 e. The Kier molecular flexibility index (Phi) is 72.7. The van der Waals surface area contributed by atoms with E-state index in [4.69, 9.17) is 37.0 Å². The first-order chi connectivity index (χ1) is 49.7. The van der Waals surface area contributed by atoms with Gasteiger partial charge in [0.1, 0.15) is 19.3 Å². The van der Waals surface area contributed by atoms with Crippen LogP contribution in [0, 0.1) is 0 Å². The third kappa shape index (κ3) is 74.5. The minimum atomic E-state index is -4.98. The fourth-order valence-corrected chi connectivity index (χ4v) is 12.7.